The molecule has 0 aliphatic heterocycles. The van der Waals surface area contributed by atoms with Gasteiger partial charge in [-0.15, -0.1) is 10.2 Å². The molecule has 0 saturated carbocycles. The van der Waals surface area contributed by atoms with Gasteiger partial charge in [-0.25, -0.2) is 0 Å². The van der Waals surface area contributed by atoms with Crippen LogP contribution in [-0.2, 0) is 11.3 Å². The van der Waals surface area contributed by atoms with Gasteiger partial charge in [-0.2, -0.15) is 0 Å². The highest BCUT2D eigenvalue weighted by Crippen LogP contribution is 2.39. The number of fused-ring (bicyclic) bond motifs is 1. The van der Waals surface area contributed by atoms with Crippen LogP contribution in [0, 0.1) is 0 Å². The van der Waals surface area contributed by atoms with Crippen molar-refractivity contribution in [1.82, 2.24) is 4.57 Å². The predicted octanol–water partition coefficient (Wildman–Crippen LogP) is 4.67. The van der Waals surface area contributed by atoms with Crippen molar-refractivity contribution in [3.8, 4) is 11.6 Å². The van der Waals surface area contributed by atoms with Crippen LogP contribution >= 0.6 is 11.6 Å². The van der Waals surface area contributed by atoms with E-state index in [-0.39, 0.29) is 22.9 Å². The average molecular weight is 388 g/mol. The maximum atomic E-state index is 12.3. The molecule has 0 bridgehead atoms. The molecule has 140 valence electrons. The van der Waals surface area contributed by atoms with Crippen LogP contribution in [-0.4, -0.2) is 33.9 Å². The standard InChI is InChI=1S/C19H18ClN3O4/c1-2-27-10-9-23-15-6-4-3-5-13(15)17(19(23)26)21-22-18(25)14-11-12(20)7-8-16(14)24/h3-8,11,24,26H,2,9-10H2,1H3. The van der Waals surface area contributed by atoms with Crippen LogP contribution in [0.5, 0.6) is 11.6 Å². The van der Waals surface area contributed by atoms with E-state index in [0.717, 1.165) is 5.52 Å². The summed E-state index contributed by atoms with van der Waals surface area (Å²) in [5, 5.41) is 28.9. The third kappa shape index (κ3) is 3.94. The number of rotatable bonds is 6. The second-order valence-electron chi connectivity index (χ2n) is 5.70. The van der Waals surface area contributed by atoms with Crippen molar-refractivity contribution in [1.29, 1.82) is 0 Å². The van der Waals surface area contributed by atoms with Crippen LogP contribution in [0.4, 0.5) is 5.69 Å². The van der Waals surface area contributed by atoms with Gasteiger partial charge in [0.05, 0.1) is 17.7 Å². The Morgan fingerprint density at radius 3 is 2.78 bits per heavy atom. The quantitative estimate of drug-likeness (QED) is 0.474. The van der Waals surface area contributed by atoms with Crippen LogP contribution in [0.2, 0.25) is 5.02 Å². The first-order valence-electron chi connectivity index (χ1n) is 8.35. The number of phenolic OH excluding ortho intramolecular Hbond substituents is 1. The third-order valence-electron chi connectivity index (χ3n) is 4.01. The molecule has 1 heterocycles. The van der Waals surface area contributed by atoms with Crippen molar-refractivity contribution in [2.45, 2.75) is 13.5 Å². The summed E-state index contributed by atoms with van der Waals surface area (Å²) in [6, 6.07) is 11.3. The van der Waals surface area contributed by atoms with Crippen molar-refractivity contribution in [2.75, 3.05) is 13.2 Å². The summed E-state index contributed by atoms with van der Waals surface area (Å²) in [4.78, 5) is 12.3. The van der Waals surface area contributed by atoms with Crippen molar-refractivity contribution in [3.63, 3.8) is 0 Å². The van der Waals surface area contributed by atoms with Crippen molar-refractivity contribution >= 4 is 34.1 Å². The van der Waals surface area contributed by atoms with E-state index in [2.05, 4.69) is 10.2 Å². The summed E-state index contributed by atoms with van der Waals surface area (Å²) in [6.45, 7) is 3.32. The molecule has 0 spiro atoms. The molecule has 7 nitrogen and oxygen atoms in total. The summed E-state index contributed by atoms with van der Waals surface area (Å²) in [6.07, 6.45) is 0. The lowest BCUT2D eigenvalue weighted by molar-refractivity contribution is 0.0992. The molecule has 0 aliphatic rings. The van der Waals surface area contributed by atoms with Gasteiger partial charge in [-0.1, -0.05) is 29.8 Å². The van der Waals surface area contributed by atoms with E-state index in [1.807, 2.05) is 19.1 Å². The maximum Gasteiger partial charge on any atom is 0.299 e. The minimum absolute atomic E-state index is 0.0641. The molecule has 0 radical (unpaired) electrons. The average Bonchev–Trinajstić information content (AvgIpc) is 2.93. The molecular weight excluding hydrogens is 370 g/mol. The molecule has 2 aromatic carbocycles. The molecule has 0 atom stereocenters. The van der Waals surface area contributed by atoms with Gasteiger partial charge in [0.2, 0.25) is 5.88 Å². The Balaban J connectivity index is 1.96. The van der Waals surface area contributed by atoms with Crippen molar-refractivity contribution in [2.24, 2.45) is 10.2 Å². The topological polar surface area (TPSA) is 96.4 Å². The van der Waals surface area contributed by atoms with Crippen molar-refractivity contribution < 1.29 is 19.7 Å². The summed E-state index contributed by atoms with van der Waals surface area (Å²) in [7, 11) is 0. The minimum Gasteiger partial charge on any atom is -0.507 e. The number of aromatic hydroxyl groups is 2. The number of ether oxygens (including phenoxy) is 1. The Labute approximate surface area is 160 Å². The van der Waals surface area contributed by atoms with Gasteiger partial charge >= 0.3 is 0 Å². The predicted molar refractivity (Wildman–Crippen MR) is 102 cm³/mol. The van der Waals surface area contributed by atoms with E-state index in [9.17, 15) is 15.0 Å². The highest BCUT2D eigenvalue weighted by atomic mass is 35.5. The molecule has 2 N–H and O–H groups in total. The van der Waals surface area contributed by atoms with Gasteiger partial charge in [0.15, 0.2) is 5.69 Å². The monoisotopic (exact) mass is 387 g/mol. The summed E-state index contributed by atoms with van der Waals surface area (Å²) < 4.78 is 7.00. The number of hydrogen-bond donors (Lipinski definition) is 2. The Bertz CT molecular complexity index is 1010. The molecule has 3 rings (SSSR count). The van der Waals surface area contributed by atoms with E-state index in [1.54, 1.807) is 16.7 Å². The van der Waals surface area contributed by atoms with Gasteiger partial charge < -0.3 is 19.5 Å². The summed E-state index contributed by atoms with van der Waals surface area (Å²) in [5.41, 5.74) is 0.865. The molecular formula is C19H18ClN3O4. The van der Waals surface area contributed by atoms with Crippen LogP contribution < -0.4 is 0 Å². The first kappa shape index (κ1) is 18.9. The van der Waals surface area contributed by atoms with Crippen molar-refractivity contribution in [3.05, 3.63) is 53.1 Å². The molecule has 0 aliphatic carbocycles. The molecule has 27 heavy (non-hydrogen) atoms. The van der Waals surface area contributed by atoms with Gasteiger partial charge in [0.1, 0.15) is 5.75 Å². The number of azo groups is 1. The lowest BCUT2D eigenvalue weighted by atomic mass is 10.2. The number of carbonyl (C=O) groups excluding carboxylic acids is 1. The molecule has 1 amide bonds. The number of para-hydroxylation sites is 1. The van der Waals surface area contributed by atoms with Gasteiger partial charge in [0, 0.05) is 23.6 Å². The first-order chi connectivity index (χ1) is 13.0. The van der Waals surface area contributed by atoms with E-state index < -0.39 is 5.91 Å². The Morgan fingerprint density at radius 1 is 1.22 bits per heavy atom. The van der Waals surface area contributed by atoms with Crippen LogP contribution in [0.15, 0.2) is 52.7 Å². The minimum atomic E-state index is -0.763. The Hall–Kier alpha value is -2.90. The Morgan fingerprint density at radius 2 is 2.00 bits per heavy atom. The lowest BCUT2D eigenvalue weighted by Crippen LogP contribution is -2.05. The normalized spacial score (nSPS) is 11.5. The van der Waals surface area contributed by atoms with Gasteiger partial charge in [0.25, 0.3) is 5.91 Å². The second-order valence-corrected chi connectivity index (χ2v) is 6.14. The molecule has 3 aromatic rings. The fourth-order valence-electron chi connectivity index (χ4n) is 2.73. The smallest absolute Gasteiger partial charge is 0.299 e. The number of amides is 1. The summed E-state index contributed by atoms with van der Waals surface area (Å²) in [5.74, 6) is -1.12. The van der Waals surface area contributed by atoms with Crippen LogP contribution in [0.1, 0.15) is 17.3 Å². The number of halogens is 1. The highest BCUT2D eigenvalue weighted by Gasteiger charge is 2.17. The molecule has 0 unspecified atom stereocenters. The molecule has 0 saturated heterocycles. The van der Waals surface area contributed by atoms with Gasteiger partial charge in [-0.05, 0) is 31.2 Å². The number of benzene rings is 2. The van der Waals surface area contributed by atoms with Crippen LogP contribution in [0.25, 0.3) is 10.9 Å². The van der Waals surface area contributed by atoms with E-state index in [4.69, 9.17) is 16.3 Å². The third-order valence-corrected chi connectivity index (χ3v) is 4.25. The van der Waals surface area contributed by atoms with E-state index >= 15 is 0 Å². The van der Waals surface area contributed by atoms with E-state index in [1.165, 1.54) is 18.2 Å². The largest absolute Gasteiger partial charge is 0.507 e. The SMILES string of the molecule is CCOCCn1c(O)c(N=NC(=O)c2cc(Cl)ccc2O)c2ccccc21. The maximum absolute atomic E-state index is 12.3. The number of hydrogen-bond acceptors (Lipinski definition) is 5. The summed E-state index contributed by atoms with van der Waals surface area (Å²) >= 11 is 5.85. The number of phenols is 1. The highest BCUT2D eigenvalue weighted by molar-refractivity contribution is 6.31. The van der Waals surface area contributed by atoms with Crippen LogP contribution in [0.3, 0.4) is 0 Å². The fraction of sp³-hybridized carbons (Fsp3) is 0.211. The molecule has 0 fully saturated rings. The zero-order valence-electron chi connectivity index (χ0n) is 14.6. The number of nitrogens with zero attached hydrogens (tertiary/aromatic N) is 3. The second kappa shape index (κ2) is 8.20. The zero-order chi connectivity index (χ0) is 19.4. The fourth-order valence-corrected chi connectivity index (χ4v) is 2.90. The lowest BCUT2D eigenvalue weighted by Gasteiger charge is -2.06. The number of carbonyl (C=O) groups is 1. The first-order valence-corrected chi connectivity index (χ1v) is 8.73. The molecule has 1 aromatic heterocycles. The number of aromatic nitrogens is 1. The Kier molecular flexibility index (Phi) is 5.73. The van der Waals surface area contributed by atoms with Gasteiger partial charge in [-0.3, -0.25) is 4.79 Å². The molecule has 8 heteroatoms. The van der Waals surface area contributed by atoms with E-state index in [0.29, 0.717) is 30.2 Å². The zero-order valence-corrected chi connectivity index (χ0v) is 15.3.